The lowest BCUT2D eigenvalue weighted by Crippen LogP contribution is -2.39. The van der Waals surface area contributed by atoms with Crippen molar-refractivity contribution >= 4 is 34.0 Å². The molecule has 1 atom stereocenters. The largest absolute Gasteiger partial charge is 0.496 e. The summed E-state index contributed by atoms with van der Waals surface area (Å²) in [6.07, 6.45) is 4.84. The van der Waals surface area contributed by atoms with Crippen molar-refractivity contribution < 1.29 is 23.9 Å². The van der Waals surface area contributed by atoms with Crippen LogP contribution >= 0.6 is 11.3 Å². The minimum Gasteiger partial charge on any atom is -0.496 e. The summed E-state index contributed by atoms with van der Waals surface area (Å²) in [5.74, 6) is -0.743. The molecular weight excluding hydrogens is 500 g/mol. The van der Waals surface area contributed by atoms with E-state index in [2.05, 4.69) is 24.5 Å². The number of esters is 1. The summed E-state index contributed by atoms with van der Waals surface area (Å²) < 4.78 is 10.8. The van der Waals surface area contributed by atoms with Gasteiger partial charge in [-0.2, -0.15) is 0 Å². The van der Waals surface area contributed by atoms with E-state index in [9.17, 15) is 14.4 Å². The monoisotopic (exact) mass is 534 g/mol. The third-order valence-electron chi connectivity index (χ3n) is 7.72. The van der Waals surface area contributed by atoms with Crippen LogP contribution in [-0.4, -0.2) is 31.9 Å². The number of fused-ring (bicyclic) bond motifs is 1. The number of carbonyl (C=O) groups excluding carboxylic acids is 3. The van der Waals surface area contributed by atoms with Gasteiger partial charge in [0.15, 0.2) is 5.78 Å². The van der Waals surface area contributed by atoms with E-state index in [1.807, 2.05) is 31.2 Å². The third-order valence-corrected chi connectivity index (χ3v) is 8.93. The highest BCUT2D eigenvalue weighted by Gasteiger charge is 2.44. The van der Waals surface area contributed by atoms with Crippen molar-refractivity contribution in [3.8, 4) is 5.75 Å². The second kappa shape index (κ2) is 10.1. The van der Waals surface area contributed by atoms with Crippen LogP contribution in [0.2, 0.25) is 0 Å². The predicted octanol–water partition coefficient (Wildman–Crippen LogP) is 5.66. The fourth-order valence-corrected chi connectivity index (χ4v) is 7.37. The van der Waals surface area contributed by atoms with Crippen molar-refractivity contribution in [2.24, 2.45) is 5.41 Å². The van der Waals surface area contributed by atoms with Gasteiger partial charge in [-0.3, -0.25) is 9.59 Å². The van der Waals surface area contributed by atoms with Gasteiger partial charge in [-0.1, -0.05) is 32.0 Å². The van der Waals surface area contributed by atoms with Gasteiger partial charge in [0, 0.05) is 39.4 Å². The van der Waals surface area contributed by atoms with Gasteiger partial charge in [-0.05, 0) is 56.1 Å². The summed E-state index contributed by atoms with van der Waals surface area (Å²) in [6.45, 7) is 6.04. The molecule has 1 aromatic heterocycles. The van der Waals surface area contributed by atoms with Gasteiger partial charge in [0.2, 0.25) is 0 Å². The molecule has 0 fully saturated rings. The number of rotatable bonds is 5. The fourth-order valence-electron chi connectivity index (χ4n) is 6.10. The Kier molecular flexibility index (Phi) is 6.94. The lowest BCUT2D eigenvalue weighted by Gasteiger charge is -2.39. The zero-order chi connectivity index (χ0) is 27.2. The number of ketones is 1. The first kappa shape index (κ1) is 26.2. The van der Waals surface area contributed by atoms with Crippen LogP contribution in [0.5, 0.6) is 5.75 Å². The van der Waals surface area contributed by atoms with Crippen molar-refractivity contribution in [1.29, 1.82) is 0 Å². The molecule has 38 heavy (non-hydrogen) atoms. The molecule has 0 radical (unpaired) electrons. The van der Waals surface area contributed by atoms with Gasteiger partial charge < -0.3 is 20.1 Å². The Hall–Kier alpha value is -3.39. The number of amides is 1. The van der Waals surface area contributed by atoms with E-state index < -0.39 is 11.9 Å². The first-order valence-corrected chi connectivity index (χ1v) is 13.9. The second-order valence-electron chi connectivity index (χ2n) is 11.0. The summed E-state index contributed by atoms with van der Waals surface area (Å²) in [4.78, 5) is 41.7. The number of aryl methyl sites for hydroxylation is 1. The lowest BCUT2D eigenvalue weighted by atomic mass is 9.68. The summed E-state index contributed by atoms with van der Waals surface area (Å²) in [6, 6.07) is 7.53. The Bertz CT molecular complexity index is 1400. The summed E-state index contributed by atoms with van der Waals surface area (Å²) in [5.41, 5.74) is 4.62. The molecule has 2 aliphatic carbocycles. The number of thiophene rings is 1. The number of hydrogen-bond acceptors (Lipinski definition) is 7. The summed E-state index contributed by atoms with van der Waals surface area (Å²) in [7, 11) is 2.95. The van der Waals surface area contributed by atoms with Crippen LogP contribution in [0.15, 0.2) is 46.8 Å². The predicted molar refractivity (Wildman–Crippen MR) is 148 cm³/mol. The SMILES string of the molecule is COC(=O)c1c(NC(=O)C2=C(C)NC3=C(C(=O)CC(C)(C)C3)[C@@H]2c2ccccc2OC)sc2c1CCCC2. The molecule has 0 saturated heterocycles. The number of hydrogen-bond donors (Lipinski definition) is 2. The number of ether oxygens (including phenoxy) is 2. The first-order valence-electron chi connectivity index (χ1n) is 13.1. The summed E-state index contributed by atoms with van der Waals surface area (Å²) >= 11 is 1.45. The molecule has 5 rings (SSSR count). The highest BCUT2D eigenvalue weighted by molar-refractivity contribution is 7.17. The standard InChI is InChI=1S/C30H34N2O5S/c1-16-23(27(34)32-28-25(29(35)37-5)18-11-7-9-13-22(18)38-28)24(17-10-6-8-12-21(17)36-4)26-19(31-16)14-30(2,3)15-20(26)33/h6,8,10,12,24,31H,7,9,11,13-15H2,1-5H3,(H,32,34)/t24-/m1/s1. The number of anilines is 1. The number of allylic oxidation sites excluding steroid dienone is 3. The van der Waals surface area contributed by atoms with Crippen LogP contribution in [-0.2, 0) is 27.2 Å². The molecule has 1 aliphatic heterocycles. The maximum Gasteiger partial charge on any atom is 0.341 e. The molecule has 2 heterocycles. The molecule has 2 aromatic rings. The third kappa shape index (κ3) is 4.55. The van der Waals surface area contributed by atoms with Gasteiger partial charge in [-0.25, -0.2) is 4.79 Å². The minimum absolute atomic E-state index is 0.0271. The van der Waals surface area contributed by atoms with E-state index in [-0.39, 0.29) is 17.1 Å². The molecular formula is C30H34N2O5S. The number of para-hydroxylation sites is 1. The van der Waals surface area contributed by atoms with Gasteiger partial charge in [0.25, 0.3) is 5.91 Å². The number of carbonyl (C=O) groups is 3. The second-order valence-corrected chi connectivity index (χ2v) is 12.1. The average molecular weight is 535 g/mol. The molecule has 8 heteroatoms. The van der Waals surface area contributed by atoms with Gasteiger partial charge in [0.1, 0.15) is 10.8 Å². The van der Waals surface area contributed by atoms with Crippen LogP contribution in [0.25, 0.3) is 0 Å². The molecule has 1 aromatic carbocycles. The van der Waals surface area contributed by atoms with Crippen LogP contribution in [0.1, 0.15) is 78.7 Å². The number of dihydropyridines is 1. The topological polar surface area (TPSA) is 93.7 Å². The van der Waals surface area contributed by atoms with E-state index in [4.69, 9.17) is 9.47 Å². The summed E-state index contributed by atoms with van der Waals surface area (Å²) in [5, 5.41) is 6.96. The smallest absolute Gasteiger partial charge is 0.341 e. The quantitative estimate of drug-likeness (QED) is 0.481. The van der Waals surface area contributed by atoms with Gasteiger partial charge in [0.05, 0.1) is 25.7 Å². The number of benzene rings is 1. The first-order chi connectivity index (χ1) is 18.1. The highest BCUT2D eigenvalue weighted by atomic mass is 32.1. The van der Waals surface area contributed by atoms with Gasteiger partial charge in [-0.15, -0.1) is 11.3 Å². The maximum atomic E-state index is 14.1. The normalized spacial score (nSPS) is 20.3. The van der Waals surface area contributed by atoms with Crippen molar-refractivity contribution in [3.05, 3.63) is 68.4 Å². The van der Waals surface area contributed by atoms with Crippen molar-refractivity contribution in [2.75, 3.05) is 19.5 Å². The molecule has 3 aliphatic rings. The van der Waals surface area contributed by atoms with Gasteiger partial charge >= 0.3 is 5.97 Å². The maximum absolute atomic E-state index is 14.1. The zero-order valence-electron chi connectivity index (χ0n) is 22.6. The Morgan fingerprint density at radius 2 is 1.84 bits per heavy atom. The Morgan fingerprint density at radius 1 is 1.11 bits per heavy atom. The Labute approximate surface area is 227 Å². The molecule has 0 bridgehead atoms. The minimum atomic E-state index is -0.595. The molecule has 2 N–H and O–H groups in total. The van der Waals surface area contributed by atoms with E-state index in [1.165, 1.54) is 18.4 Å². The van der Waals surface area contributed by atoms with Crippen molar-refractivity contribution in [1.82, 2.24) is 5.32 Å². The highest BCUT2D eigenvalue weighted by Crippen LogP contribution is 2.49. The van der Waals surface area contributed by atoms with Crippen LogP contribution < -0.4 is 15.4 Å². The van der Waals surface area contributed by atoms with E-state index in [1.54, 1.807) is 7.11 Å². The number of Topliss-reactive ketones (excluding diaryl/α,β-unsaturated/α-hetero) is 1. The Morgan fingerprint density at radius 3 is 2.58 bits per heavy atom. The van der Waals surface area contributed by atoms with E-state index in [0.29, 0.717) is 46.0 Å². The van der Waals surface area contributed by atoms with Crippen LogP contribution in [0, 0.1) is 5.41 Å². The molecule has 0 saturated carbocycles. The lowest BCUT2D eigenvalue weighted by molar-refractivity contribution is -0.118. The van der Waals surface area contributed by atoms with E-state index >= 15 is 0 Å². The van der Waals surface area contributed by atoms with Crippen molar-refractivity contribution in [3.63, 3.8) is 0 Å². The van der Waals surface area contributed by atoms with E-state index in [0.717, 1.165) is 47.4 Å². The van der Waals surface area contributed by atoms with Crippen LogP contribution in [0.3, 0.4) is 0 Å². The molecule has 0 spiro atoms. The molecule has 200 valence electrons. The zero-order valence-corrected chi connectivity index (χ0v) is 23.4. The number of methoxy groups -OCH3 is 2. The molecule has 7 nitrogen and oxygen atoms in total. The fraction of sp³-hybridized carbons (Fsp3) is 0.433. The van der Waals surface area contributed by atoms with Crippen molar-refractivity contribution in [2.45, 2.75) is 65.2 Å². The van der Waals surface area contributed by atoms with Crippen LogP contribution in [0.4, 0.5) is 5.00 Å². The average Bonchev–Trinajstić information content (AvgIpc) is 3.24. The molecule has 0 unspecified atom stereocenters. The Balaban J connectivity index is 1.61. The molecule has 1 amide bonds. The number of nitrogens with one attached hydrogen (secondary N) is 2.